The number of rotatable bonds is 7. The molecule has 0 amide bonds. The number of unbranched alkanes of at least 4 members (excludes halogenated alkanes) is 1. The van der Waals surface area contributed by atoms with Crippen LogP contribution >= 0.6 is 22.9 Å². The minimum absolute atomic E-state index is 0.658. The predicted molar refractivity (Wildman–Crippen MR) is 69.8 cm³/mol. The second-order valence-electron chi connectivity index (χ2n) is 3.83. The van der Waals surface area contributed by atoms with E-state index >= 15 is 0 Å². The van der Waals surface area contributed by atoms with Crippen molar-refractivity contribution in [2.45, 2.75) is 52.1 Å². The lowest BCUT2D eigenvalue weighted by molar-refractivity contribution is 0.454. The zero-order chi connectivity index (χ0) is 11.1. The van der Waals surface area contributed by atoms with E-state index in [4.69, 9.17) is 11.6 Å². The van der Waals surface area contributed by atoms with Gasteiger partial charge in [0.05, 0.1) is 4.34 Å². The molecule has 15 heavy (non-hydrogen) atoms. The van der Waals surface area contributed by atoms with E-state index < -0.39 is 0 Å². The van der Waals surface area contributed by atoms with Gasteiger partial charge in [-0.1, -0.05) is 38.3 Å². The molecule has 0 saturated carbocycles. The second kappa shape index (κ2) is 7.26. The Balaban J connectivity index is 2.27. The van der Waals surface area contributed by atoms with Gasteiger partial charge < -0.3 is 5.32 Å². The summed E-state index contributed by atoms with van der Waals surface area (Å²) in [5.41, 5.74) is 0. The van der Waals surface area contributed by atoms with Crippen molar-refractivity contribution in [3.05, 3.63) is 21.3 Å². The van der Waals surface area contributed by atoms with E-state index in [1.54, 1.807) is 11.3 Å². The molecule has 1 N–H and O–H groups in total. The van der Waals surface area contributed by atoms with Crippen molar-refractivity contribution in [1.29, 1.82) is 0 Å². The smallest absolute Gasteiger partial charge is 0.0931 e. The van der Waals surface area contributed by atoms with Crippen molar-refractivity contribution >= 4 is 22.9 Å². The molecular weight excluding hydrogens is 226 g/mol. The third-order valence-corrected chi connectivity index (χ3v) is 3.82. The Morgan fingerprint density at radius 3 is 2.73 bits per heavy atom. The maximum absolute atomic E-state index is 5.88. The van der Waals surface area contributed by atoms with Gasteiger partial charge in [-0.05, 0) is 25.0 Å². The van der Waals surface area contributed by atoms with E-state index in [-0.39, 0.29) is 0 Å². The van der Waals surface area contributed by atoms with E-state index in [1.807, 2.05) is 6.07 Å². The van der Waals surface area contributed by atoms with Crippen LogP contribution in [-0.4, -0.2) is 6.04 Å². The molecule has 0 aliphatic rings. The summed E-state index contributed by atoms with van der Waals surface area (Å²) in [5.74, 6) is 0. The summed E-state index contributed by atoms with van der Waals surface area (Å²) in [6.45, 7) is 5.44. The first-order valence-electron chi connectivity index (χ1n) is 5.73. The lowest BCUT2D eigenvalue weighted by Crippen LogP contribution is -2.27. The maximum atomic E-state index is 5.88. The minimum Gasteiger partial charge on any atom is -0.309 e. The first kappa shape index (κ1) is 13.0. The van der Waals surface area contributed by atoms with Gasteiger partial charge in [0, 0.05) is 17.5 Å². The van der Waals surface area contributed by atoms with Gasteiger partial charge in [-0.3, -0.25) is 0 Å². The van der Waals surface area contributed by atoms with Gasteiger partial charge in [-0.15, -0.1) is 11.3 Å². The molecule has 0 bridgehead atoms. The molecule has 1 aromatic heterocycles. The van der Waals surface area contributed by atoms with Gasteiger partial charge in [0.1, 0.15) is 0 Å². The molecule has 0 fully saturated rings. The summed E-state index contributed by atoms with van der Waals surface area (Å²) in [6, 6.07) is 4.73. The van der Waals surface area contributed by atoms with Crippen LogP contribution in [-0.2, 0) is 6.54 Å². The monoisotopic (exact) mass is 245 g/mol. The summed E-state index contributed by atoms with van der Waals surface area (Å²) in [5, 5.41) is 3.59. The molecule has 1 nitrogen and oxygen atoms in total. The molecule has 86 valence electrons. The van der Waals surface area contributed by atoms with Crippen LogP contribution in [0.3, 0.4) is 0 Å². The Morgan fingerprint density at radius 2 is 2.20 bits per heavy atom. The van der Waals surface area contributed by atoms with Gasteiger partial charge in [0.25, 0.3) is 0 Å². The Bertz CT molecular complexity index is 272. The Kier molecular flexibility index (Phi) is 6.30. The molecule has 1 atom stereocenters. The van der Waals surface area contributed by atoms with Crippen LogP contribution in [0.1, 0.15) is 44.4 Å². The van der Waals surface area contributed by atoms with E-state index in [1.165, 1.54) is 30.6 Å². The molecule has 1 aromatic rings. The van der Waals surface area contributed by atoms with Crippen LogP contribution < -0.4 is 5.32 Å². The van der Waals surface area contributed by atoms with Gasteiger partial charge in [-0.2, -0.15) is 0 Å². The zero-order valence-corrected chi connectivity index (χ0v) is 11.1. The largest absolute Gasteiger partial charge is 0.309 e. The number of hydrogen-bond acceptors (Lipinski definition) is 2. The summed E-state index contributed by atoms with van der Waals surface area (Å²) >= 11 is 7.55. The Labute approximate surface area is 102 Å². The summed E-state index contributed by atoms with van der Waals surface area (Å²) in [4.78, 5) is 1.33. The highest BCUT2D eigenvalue weighted by molar-refractivity contribution is 7.16. The molecule has 1 unspecified atom stereocenters. The van der Waals surface area contributed by atoms with E-state index in [0.717, 1.165) is 10.9 Å². The zero-order valence-electron chi connectivity index (χ0n) is 9.55. The molecule has 3 heteroatoms. The van der Waals surface area contributed by atoms with Crippen LogP contribution in [0.5, 0.6) is 0 Å². The third kappa shape index (κ3) is 5.01. The standard InChI is InChI=1S/C12H20ClNS/c1-3-5-6-10(4-2)14-9-11-7-8-12(13)15-11/h7-8,10,14H,3-6,9H2,1-2H3. The topological polar surface area (TPSA) is 12.0 Å². The normalized spacial score (nSPS) is 13.0. The molecule has 0 aromatic carbocycles. The van der Waals surface area contributed by atoms with Crippen LogP contribution in [0.25, 0.3) is 0 Å². The lowest BCUT2D eigenvalue weighted by atomic mass is 10.1. The molecule has 1 rings (SSSR count). The van der Waals surface area contributed by atoms with Crippen LogP contribution in [0.15, 0.2) is 12.1 Å². The SMILES string of the molecule is CCCCC(CC)NCc1ccc(Cl)s1. The molecular formula is C12H20ClNS. The highest BCUT2D eigenvalue weighted by atomic mass is 35.5. The molecule has 0 saturated heterocycles. The molecule has 0 aliphatic carbocycles. The van der Waals surface area contributed by atoms with Crippen molar-refractivity contribution in [1.82, 2.24) is 5.32 Å². The predicted octanol–water partition coefficient (Wildman–Crippen LogP) is 4.46. The van der Waals surface area contributed by atoms with Crippen molar-refractivity contribution < 1.29 is 0 Å². The van der Waals surface area contributed by atoms with Gasteiger partial charge in [0.15, 0.2) is 0 Å². The molecule has 0 spiro atoms. The third-order valence-electron chi connectivity index (χ3n) is 2.59. The van der Waals surface area contributed by atoms with Crippen molar-refractivity contribution in [3.8, 4) is 0 Å². The molecule has 0 aliphatic heterocycles. The number of halogens is 1. The summed E-state index contributed by atoms with van der Waals surface area (Å²) < 4.78 is 0.883. The fourth-order valence-corrected chi connectivity index (χ4v) is 2.63. The first-order valence-corrected chi connectivity index (χ1v) is 6.93. The van der Waals surface area contributed by atoms with Gasteiger partial charge in [0.2, 0.25) is 0 Å². The minimum atomic E-state index is 0.658. The van der Waals surface area contributed by atoms with Crippen molar-refractivity contribution in [2.75, 3.05) is 0 Å². The number of hydrogen-bond donors (Lipinski definition) is 1. The van der Waals surface area contributed by atoms with E-state index in [0.29, 0.717) is 6.04 Å². The fraction of sp³-hybridized carbons (Fsp3) is 0.667. The molecule has 1 heterocycles. The lowest BCUT2D eigenvalue weighted by Gasteiger charge is -2.15. The fourth-order valence-electron chi connectivity index (χ4n) is 1.59. The van der Waals surface area contributed by atoms with Crippen molar-refractivity contribution in [2.24, 2.45) is 0 Å². The Hall–Kier alpha value is -0.0500. The van der Waals surface area contributed by atoms with E-state index in [2.05, 4.69) is 25.2 Å². The quantitative estimate of drug-likeness (QED) is 0.748. The van der Waals surface area contributed by atoms with Gasteiger partial charge >= 0.3 is 0 Å². The van der Waals surface area contributed by atoms with Crippen LogP contribution in [0.2, 0.25) is 4.34 Å². The first-order chi connectivity index (χ1) is 7.26. The Morgan fingerprint density at radius 1 is 1.40 bits per heavy atom. The number of nitrogens with one attached hydrogen (secondary N) is 1. The van der Waals surface area contributed by atoms with Crippen LogP contribution in [0, 0.1) is 0 Å². The summed E-state index contributed by atoms with van der Waals surface area (Å²) in [6.07, 6.45) is 5.09. The average molecular weight is 246 g/mol. The average Bonchev–Trinajstić information content (AvgIpc) is 2.65. The number of thiophene rings is 1. The highest BCUT2D eigenvalue weighted by Gasteiger charge is 2.05. The van der Waals surface area contributed by atoms with Crippen LogP contribution in [0.4, 0.5) is 0 Å². The summed E-state index contributed by atoms with van der Waals surface area (Å²) in [7, 11) is 0. The van der Waals surface area contributed by atoms with Crippen molar-refractivity contribution in [3.63, 3.8) is 0 Å². The maximum Gasteiger partial charge on any atom is 0.0931 e. The van der Waals surface area contributed by atoms with Gasteiger partial charge in [-0.25, -0.2) is 0 Å². The molecule has 0 radical (unpaired) electrons. The highest BCUT2D eigenvalue weighted by Crippen LogP contribution is 2.21. The van der Waals surface area contributed by atoms with E-state index in [9.17, 15) is 0 Å². The second-order valence-corrected chi connectivity index (χ2v) is 5.63.